The molecule has 0 bridgehead atoms. The molecule has 0 N–H and O–H groups in total. The van der Waals surface area contributed by atoms with Crippen LogP contribution in [0.25, 0.3) is 0 Å². The third-order valence-corrected chi connectivity index (χ3v) is 4.66. The molecular weight excluding hydrogens is 398 g/mol. The molecule has 2 aromatic carbocycles. The average Bonchev–Trinajstić information content (AvgIpc) is 2.75. The Kier molecular flexibility index (Phi) is 6.82. The number of esters is 1. The maximum absolute atomic E-state index is 12.6. The van der Waals surface area contributed by atoms with E-state index in [2.05, 4.69) is 0 Å². The number of carbonyl (C=O) groups is 2. The number of hydrogen-bond acceptors (Lipinski definition) is 6. The minimum atomic E-state index is -0.673. The summed E-state index contributed by atoms with van der Waals surface area (Å²) in [4.78, 5) is 26.5. The molecule has 154 valence electrons. The van der Waals surface area contributed by atoms with Crippen molar-refractivity contribution in [2.45, 2.75) is 13.5 Å². The number of nitrogens with zero attached hydrogens (tertiary/aromatic N) is 1. The maximum atomic E-state index is 12.6. The zero-order chi connectivity index (χ0) is 20.8. The maximum Gasteiger partial charge on any atom is 0.342 e. The van der Waals surface area contributed by atoms with E-state index in [1.54, 1.807) is 17.0 Å². The van der Waals surface area contributed by atoms with Crippen LogP contribution in [0.1, 0.15) is 22.8 Å². The third kappa shape index (κ3) is 5.12. The standard InChI is InChI=1S/C21H22ClNO6/c1-3-23(12-14-4-6-18-19(10-14)28-9-8-27-18)20(24)13-29-21(25)16-11-15(22)5-7-17(16)26-2/h4-7,10-11H,3,8-9,12-13H2,1-2H3. The van der Waals surface area contributed by atoms with Crippen LogP contribution in [0.4, 0.5) is 0 Å². The SMILES string of the molecule is CCN(Cc1ccc2c(c1)OCCO2)C(=O)COC(=O)c1cc(Cl)ccc1OC. The summed E-state index contributed by atoms with van der Waals surface area (Å²) in [6.45, 7) is 3.32. The van der Waals surface area contributed by atoms with Gasteiger partial charge in [-0.1, -0.05) is 17.7 Å². The number of fused-ring (bicyclic) bond motifs is 1. The summed E-state index contributed by atoms with van der Waals surface area (Å²) in [5.74, 6) is 0.704. The first-order valence-electron chi connectivity index (χ1n) is 9.18. The molecular formula is C21H22ClNO6. The van der Waals surface area contributed by atoms with Crippen molar-refractivity contribution in [1.29, 1.82) is 0 Å². The van der Waals surface area contributed by atoms with Crippen LogP contribution in [0.3, 0.4) is 0 Å². The molecule has 1 aliphatic rings. The van der Waals surface area contributed by atoms with Gasteiger partial charge in [0.2, 0.25) is 0 Å². The molecule has 1 heterocycles. The first kappa shape index (κ1) is 20.8. The zero-order valence-electron chi connectivity index (χ0n) is 16.3. The van der Waals surface area contributed by atoms with Gasteiger partial charge in [-0.3, -0.25) is 4.79 Å². The van der Waals surface area contributed by atoms with Crippen LogP contribution in [0, 0.1) is 0 Å². The topological polar surface area (TPSA) is 74.3 Å². The van der Waals surface area contributed by atoms with Crippen LogP contribution in [0.2, 0.25) is 5.02 Å². The quantitative estimate of drug-likeness (QED) is 0.641. The van der Waals surface area contributed by atoms with E-state index >= 15 is 0 Å². The van der Waals surface area contributed by atoms with Crippen molar-refractivity contribution in [3.8, 4) is 17.2 Å². The van der Waals surface area contributed by atoms with Crippen molar-refractivity contribution in [2.75, 3.05) is 33.5 Å². The molecule has 29 heavy (non-hydrogen) atoms. The third-order valence-electron chi connectivity index (χ3n) is 4.42. The van der Waals surface area contributed by atoms with Crippen molar-refractivity contribution in [2.24, 2.45) is 0 Å². The van der Waals surface area contributed by atoms with E-state index in [0.29, 0.717) is 48.6 Å². The van der Waals surface area contributed by atoms with Gasteiger partial charge in [0.1, 0.15) is 24.5 Å². The van der Waals surface area contributed by atoms with Gasteiger partial charge in [0.25, 0.3) is 5.91 Å². The Balaban J connectivity index is 1.61. The van der Waals surface area contributed by atoms with E-state index in [1.165, 1.54) is 13.2 Å². The largest absolute Gasteiger partial charge is 0.496 e. The van der Waals surface area contributed by atoms with Crippen molar-refractivity contribution < 1.29 is 28.5 Å². The fourth-order valence-corrected chi connectivity index (χ4v) is 3.09. The van der Waals surface area contributed by atoms with E-state index in [4.69, 9.17) is 30.5 Å². The Morgan fingerprint density at radius 1 is 1.10 bits per heavy atom. The minimum absolute atomic E-state index is 0.169. The Bertz CT molecular complexity index is 901. The highest BCUT2D eigenvalue weighted by Gasteiger charge is 2.19. The Morgan fingerprint density at radius 3 is 2.59 bits per heavy atom. The van der Waals surface area contributed by atoms with E-state index in [-0.39, 0.29) is 18.1 Å². The van der Waals surface area contributed by atoms with Crippen LogP contribution in [0.5, 0.6) is 17.2 Å². The predicted octanol–water partition coefficient (Wildman–Crippen LogP) is 3.33. The van der Waals surface area contributed by atoms with Crippen molar-refractivity contribution >= 4 is 23.5 Å². The molecule has 1 amide bonds. The van der Waals surface area contributed by atoms with Gasteiger partial charge in [-0.2, -0.15) is 0 Å². The van der Waals surface area contributed by atoms with Gasteiger partial charge < -0.3 is 23.8 Å². The van der Waals surface area contributed by atoms with Gasteiger partial charge in [0, 0.05) is 18.1 Å². The zero-order valence-corrected chi connectivity index (χ0v) is 17.0. The number of methoxy groups -OCH3 is 1. The Hall–Kier alpha value is -2.93. The van der Waals surface area contributed by atoms with E-state index in [1.807, 2.05) is 25.1 Å². The van der Waals surface area contributed by atoms with Crippen LogP contribution < -0.4 is 14.2 Å². The van der Waals surface area contributed by atoms with E-state index in [0.717, 1.165) is 5.56 Å². The highest BCUT2D eigenvalue weighted by molar-refractivity contribution is 6.31. The van der Waals surface area contributed by atoms with Gasteiger partial charge in [-0.15, -0.1) is 0 Å². The number of amides is 1. The predicted molar refractivity (Wildman–Crippen MR) is 107 cm³/mol. The summed E-state index contributed by atoms with van der Waals surface area (Å²) in [7, 11) is 1.44. The molecule has 0 saturated carbocycles. The van der Waals surface area contributed by atoms with Gasteiger partial charge in [-0.05, 0) is 42.8 Å². The molecule has 3 rings (SSSR count). The van der Waals surface area contributed by atoms with Crippen molar-refractivity contribution in [1.82, 2.24) is 4.90 Å². The number of carbonyl (C=O) groups excluding carboxylic acids is 2. The first-order chi connectivity index (χ1) is 14.0. The molecule has 0 fully saturated rings. The second-order valence-corrected chi connectivity index (χ2v) is 6.74. The molecule has 0 saturated heterocycles. The van der Waals surface area contributed by atoms with Gasteiger partial charge in [0.15, 0.2) is 18.1 Å². The lowest BCUT2D eigenvalue weighted by Gasteiger charge is -2.23. The number of hydrogen-bond donors (Lipinski definition) is 0. The summed E-state index contributed by atoms with van der Waals surface area (Å²) in [5.41, 5.74) is 1.06. The smallest absolute Gasteiger partial charge is 0.342 e. The number of halogens is 1. The lowest BCUT2D eigenvalue weighted by Crippen LogP contribution is -2.34. The second-order valence-electron chi connectivity index (χ2n) is 6.31. The highest BCUT2D eigenvalue weighted by Crippen LogP contribution is 2.31. The summed E-state index contributed by atoms with van der Waals surface area (Å²) in [5, 5.41) is 0.373. The molecule has 0 unspecified atom stereocenters. The number of likely N-dealkylation sites (N-methyl/N-ethyl adjacent to an activating group) is 1. The molecule has 0 atom stereocenters. The molecule has 0 aromatic heterocycles. The van der Waals surface area contributed by atoms with Crippen molar-refractivity contribution in [3.63, 3.8) is 0 Å². The molecule has 1 aliphatic heterocycles. The van der Waals surface area contributed by atoms with E-state index < -0.39 is 5.97 Å². The minimum Gasteiger partial charge on any atom is -0.496 e. The van der Waals surface area contributed by atoms with Crippen molar-refractivity contribution in [3.05, 3.63) is 52.5 Å². The molecule has 0 aliphatic carbocycles. The van der Waals surface area contributed by atoms with Gasteiger partial charge in [-0.25, -0.2) is 4.79 Å². The molecule has 2 aromatic rings. The molecule has 8 heteroatoms. The Morgan fingerprint density at radius 2 is 1.86 bits per heavy atom. The average molecular weight is 420 g/mol. The normalized spacial score (nSPS) is 12.2. The Labute approximate surface area is 174 Å². The molecule has 0 radical (unpaired) electrons. The lowest BCUT2D eigenvalue weighted by molar-refractivity contribution is -0.134. The lowest BCUT2D eigenvalue weighted by atomic mass is 10.1. The summed E-state index contributed by atoms with van der Waals surface area (Å²) in [6, 6.07) is 10.2. The first-order valence-corrected chi connectivity index (χ1v) is 9.56. The van der Waals surface area contributed by atoms with Crippen LogP contribution in [-0.4, -0.2) is 50.3 Å². The van der Waals surface area contributed by atoms with Gasteiger partial charge in [0.05, 0.1) is 7.11 Å². The van der Waals surface area contributed by atoms with E-state index in [9.17, 15) is 9.59 Å². The second kappa shape index (κ2) is 9.52. The highest BCUT2D eigenvalue weighted by atomic mass is 35.5. The summed E-state index contributed by atoms with van der Waals surface area (Å²) >= 11 is 5.94. The molecule has 0 spiro atoms. The summed E-state index contributed by atoms with van der Waals surface area (Å²) in [6.07, 6.45) is 0. The van der Waals surface area contributed by atoms with Crippen LogP contribution in [-0.2, 0) is 16.1 Å². The fraction of sp³-hybridized carbons (Fsp3) is 0.333. The summed E-state index contributed by atoms with van der Waals surface area (Å²) < 4.78 is 21.4. The van der Waals surface area contributed by atoms with Crippen LogP contribution >= 0.6 is 11.6 Å². The van der Waals surface area contributed by atoms with Gasteiger partial charge >= 0.3 is 5.97 Å². The fourth-order valence-electron chi connectivity index (χ4n) is 2.92. The number of ether oxygens (including phenoxy) is 4. The monoisotopic (exact) mass is 419 g/mol. The number of rotatable bonds is 7. The molecule has 7 nitrogen and oxygen atoms in total. The van der Waals surface area contributed by atoms with Crippen LogP contribution in [0.15, 0.2) is 36.4 Å². The number of benzene rings is 2.